The van der Waals surface area contributed by atoms with E-state index in [1.165, 1.54) is 0 Å². The zero-order valence-electron chi connectivity index (χ0n) is 11.0. The zero-order valence-corrected chi connectivity index (χ0v) is 11.0. The Morgan fingerprint density at radius 3 is 2.89 bits per heavy atom. The fourth-order valence-electron chi connectivity index (χ4n) is 2.07. The van der Waals surface area contributed by atoms with Crippen LogP contribution in [0.25, 0.3) is 0 Å². The molecule has 0 spiro atoms. The lowest BCUT2D eigenvalue weighted by Crippen LogP contribution is -2.32. The Morgan fingerprint density at radius 2 is 2.11 bits per heavy atom. The highest BCUT2D eigenvalue weighted by Crippen LogP contribution is 2.08. The third kappa shape index (κ3) is 4.23. The van der Waals surface area contributed by atoms with Gasteiger partial charge in [-0.1, -0.05) is 0 Å². The summed E-state index contributed by atoms with van der Waals surface area (Å²) in [5.41, 5.74) is 0.941. The Hall–Kier alpha value is -1.20. The van der Waals surface area contributed by atoms with Crippen molar-refractivity contribution in [2.45, 2.75) is 32.3 Å². The minimum absolute atomic E-state index is 0.449. The van der Waals surface area contributed by atoms with Crippen molar-refractivity contribution in [1.82, 2.24) is 15.3 Å². The van der Waals surface area contributed by atoms with Crippen molar-refractivity contribution >= 4 is 5.82 Å². The molecule has 1 fully saturated rings. The van der Waals surface area contributed by atoms with Gasteiger partial charge in [-0.3, -0.25) is 4.98 Å². The van der Waals surface area contributed by atoms with Crippen molar-refractivity contribution in [3.8, 4) is 0 Å². The number of aromatic nitrogens is 2. The van der Waals surface area contributed by atoms with E-state index in [0.29, 0.717) is 6.10 Å². The van der Waals surface area contributed by atoms with Gasteiger partial charge in [-0.05, 0) is 39.3 Å². The lowest BCUT2D eigenvalue weighted by molar-refractivity contribution is 0.0329. The summed E-state index contributed by atoms with van der Waals surface area (Å²) in [6.45, 7) is 5.83. The third-order valence-corrected chi connectivity index (χ3v) is 3.13. The molecule has 0 bridgehead atoms. The number of ether oxygens (including phenoxy) is 1. The van der Waals surface area contributed by atoms with Gasteiger partial charge in [-0.15, -0.1) is 0 Å². The third-order valence-electron chi connectivity index (χ3n) is 3.13. The van der Waals surface area contributed by atoms with E-state index >= 15 is 0 Å². The lowest BCUT2D eigenvalue weighted by atomic mass is 10.1. The maximum absolute atomic E-state index is 5.84. The SMILES string of the molecule is Cc1nccnc1NCCCOC1CCNCC1. The Balaban J connectivity index is 1.57. The maximum Gasteiger partial charge on any atom is 0.147 e. The standard InChI is InChI=1S/C13H22N4O/c1-11-13(17-9-8-15-11)16-5-2-10-18-12-3-6-14-7-4-12/h8-9,12,14H,2-7,10H2,1H3,(H,16,17). The summed E-state index contributed by atoms with van der Waals surface area (Å²) in [4.78, 5) is 8.43. The van der Waals surface area contributed by atoms with E-state index in [4.69, 9.17) is 4.74 Å². The molecule has 1 aliphatic rings. The molecule has 0 saturated carbocycles. The first-order chi connectivity index (χ1) is 8.86. The molecule has 2 heterocycles. The first-order valence-corrected chi connectivity index (χ1v) is 6.70. The largest absolute Gasteiger partial charge is 0.378 e. The second-order valence-electron chi connectivity index (χ2n) is 4.59. The smallest absolute Gasteiger partial charge is 0.147 e. The normalized spacial score (nSPS) is 16.7. The first kappa shape index (κ1) is 13.2. The van der Waals surface area contributed by atoms with Crippen LogP contribution < -0.4 is 10.6 Å². The Morgan fingerprint density at radius 1 is 1.33 bits per heavy atom. The van der Waals surface area contributed by atoms with E-state index < -0.39 is 0 Å². The Kier molecular flexibility index (Phi) is 5.36. The molecule has 1 aliphatic heterocycles. The molecular formula is C13H22N4O. The van der Waals surface area contributed by atoms with Crippen molar-refractivity contribution in [3.63, 3.8) is 0 Å². The van der Waals surface area contributed by atoms with Gasteiger partial charge in [0.25, 0.3) is 0 Å². The van der Waals surface area contributed by atoms with Gasteiger partial charge in [0.2, 0.25) is 0 Å². The van der Waals surface area contributed by atoms with Gasteiger partial charge in [0.1, 0.15) is 5.82 Å². The number of rotatable bonds is 6. The second kappa shape index (κ2) is 7.28. The van der Waals surface area contributed by atoms with Gasteiger partial charge in [0, 0.05) is 25.5 Å². The van der Waals surface area contributed by atoms with E-state index in [0.717, 1.165) is 57.0 Å². The zero-order chi connectivity index (χ0) is 12.6. The molecule has 0 unspecified atom stereocenters. The number of aryl methyl sites for hydroxylation is 1. The molecule has 0 radical (unpaired) electrons. The number of hydrogen-bond acceptors (Lipinski definition) is 5. The molecule has 2 rings (SSSR count). The van der Waals surface area contributed by atoms with Gasteiger partial charge in [-0.2, -0.15) is 0 Å². The van der Waals surface area contributed by atoms with Crippen molar-refractivity contribution in [1.29, 1.82) is 0 Å². The van der Waals surface area contributed by atoms with E-state index in [2.05, 4.69) is 20.6 Å². The average molecular weight is 250 g/mol. The predicted octanol–water partition coefficient (Wildman–Crippen LogP) is 1.36. The van der Waals surface area contributed by atoms with Crippen molar-refractivity contribution in [2.24, 2.45) is 0 Å². The molecule has 0 aromatic carbocycles. The second-order valence-corrected chi connectivity index (χ2v) is 4.59. The molecule has 5 heteroatoms. The molecule has 18 heavy (non-hydrogen) atoms. The summed E-state index contributed by atoms with van der Waals surface area (Å²) in [6, 6.07) is 0. The average Bonchev–Trinajstić information content (AvgIpc) is 2.42. The first-order valence-electron chi connectivity index (χ1n) is 6.70. The minimum atomic E-state index is 0.449. The van der Waals surface area contributed by atoms with E-state index in [-0.39, 0.29) is 0 Å². The quantitative estimate of drug-likeness (QED) is 0.746. The highest BCUT2D eigenvalue weighted by atomic mass is 16.5. The van der Waals surface area contributed by atoms with Crippen LogP contribution in [0.5, 0.6) is 0 Å². The number of piperidine rings is 1. The summed E-state index contributed by atoms with van der Waals surface area (Å²) >= 11 is 0. The molecule has 0 aliphatic carbocycles. The molecule has 1 aromatic rings. The van der Waals surface area contributed by atoms with Gasteiger partial charge in [0.05, 0.1) is 11.8 Å². The summed E-state index contributed by atoms with van der Waals surface area (Å²) in [7, 11) is 0. The van der Waals surface area contributed by atoms with Crippen LogP contribution in [0.15, 0.2) is 12.4 Å². The van der Waals surface area contributed by atoms with E-state index in [1.54, 1.807) is 12.4 Å². The number of hydrogen-bond donors (Lipinski definition) is 2. The van der Waals surface area contributed by atoms with E-state index in [9.17, 15) is 0 Å². The summed E-state index contributed by atoms with van der Waals surface area (Å²) in [5, 5.41) is 6.62. The molecule has 0 atom stereocenters. The van der Waals surface area contributed by atoms with Crippen LogP contribution in [0.4, 0.5) is 5.82 Å². The number of nitrogens with one attached hydrogen (secondary N) is 2. The summed E-state index contributed by atoms with van der Waals surface area (Å²) in [6.07, 6.45) is 7.14. The van der Waals surface area contributed by atoms with E-state index in [1.807, 2.05) is 6.92 Å². The maximum atomic E-state index is 5.84. The van der Waals surface area contributed by atoms with Crippen LogP contribution in [0.2, 0.25) is 0 Å². The lowest BCUT2D eigenvalue weighted by Gasteiger charge is -2.22. The molecule has 100 valence electrons. The van der Waals surface area contributed by atoms with Gasteiger partial charge < -0.3 is 15.4 Å². The van der Waals surface area contributed by atoms with Crippen LogP contribution in [-0.2, 0) is 4.74 Å². The van der Waals surface area contributed by atoms with Gasteiger partial charge in [-0.25, -0.2) is 4.98 Å². The van der Waals surface area contributed by atoms with Crippen molar-refractivity contribution < 1.29 is 4.74 Å². The van der Waals surface area contributed by atoms with Crippen LogP contribution in [0.1, 0.15) is 25.0 Å². The Labute approximate surface area is 108 Å². The molecule has 5 nitrogen and oxygen atoms in total. The molecule has 1 saturated heterocycles. The molecule has 0 amide bonds. The van der Waals surface area contributed by atoms with Crippen LogP contribution >= 0.6 is 0 Å². The van der Waals surface area contributed by atoms with Crippen molar-refractivity contribution in [3.05, 3.63) is 18.1 Å². The van der Waals surface area contributed by atoms with Crippen LogP contribution in [0.3, 0.4) is 0 Å². The fourth-order valence-corrected chi connectivity index (χ4v) is 2.07. The fraction of sp³-hybridized carbons (Fsp3) is 0.692. The molecule has 2 N–H and O–H groups in total. The number of anilines is 1. The monoisotopic (exact) mass is 250 g/mol. The summed E-state index contributed by atoms with van der Waals surface area (Å²) in [5.74, 6) is 0.874. The van der Waals surface area contributed by atoms with Crippen molar-refractivity contribution in [2.75, 3.05) is 31.6 Å². The minimum Gasteiger partial charge on any atom is -0.378 e. The predicted molar refractivity (Wildman–Crippen MR) is 71.7 cm³/mol. The van der Waals surface area contributed by atoms with Gasteiger partial charge in [0.15, 0.2) is 0 Å². The van der Waals surface area contributed by atoms with Crippen LogP contribution in [-0.4, -0.2) is 42.3 Å². The van der Waals surface area contributed by atoms with Crippen LogP contribution in [0, 0.1) is 6.92 Å². The highest BCUT2D eigenvalue weighted by Gasteiger charge is 2.12. The topological polar surface area (TPSA) is 59.1 Å². The Bertz CT molecular complexity index is 353. The number of nitrogens with zero attached hydrogens (tertiary/aromatic N) is 2. The molecular weight excluding hydrogens is 228 g/mol. The molecule has 1 aromatic heterocycles. The summed E-state index contributed by atoms with van der Waals surface area (Å²) < 4.78 is 5.84. The van der Waals surface area contributed by atoms with Gasteiger partial charge >= 0.3 is 0 Å². The highest BCUT2D eigenvalue weighted by molar-refractivity contribution is 5.37.